The van der Waals surface area contributed by atoms with E-state index in [9.17, 15) is 15.0 Å². The Hall–Kier alpha value is -2.15. The first kappa shape index (κ1) is 19.8. The van der Waals surface area contributed by atoms with Crippen LogP contribution in [0.25, 0.3) is 0 Å². The molecule has 30 heavy (non-hydrogen) atoms. The SMILES string of the molecule is C=CCCCC(=O)OC1=CC[C@@]2(O)[C@H]3Cc4ccc(CO)c5c4C2(CCN3C)C1O5. The number of likely N-dealkylation sites (tertiary alicyclic amines) is 1. The van der Waals surface area contributed by atoms with E-state index < -0.39 is 17.1 Å². The molecule has 0 saturated carbocycles. The smallest absolute Gasteiger partial charge is 0.310 e. The molecule has 2 heterocycles. The first-order valence-corrected chi connectivity index (χ1v) is 10.8. The molecule has 6 nitrogen and oxygen atoms in total. The van der Waals surface area contributed by atoms with Crippen LogP contribution >= 0.6 is 0 Å². The van der Waals surface area contributed by atoms with Gasteiger partial charge in [-0.1, -0.05) is 18.2 Å². The number of hydrogen-bond acceptors (Lipinski definition) is 6. The highest BCUT2D eigenvalue weighted by molar-refractivity contribution is 5.71. The van der Waals surface area contributed by atoms with Gasteiger partial charge in [0.2, 0.25) is 0 Å². The van der Waals surface area contributed by atoms with Gasteiger partial charge in [-0.25, -0.2) is 0 Å². The van der Waals surface area contributed by atoms with Crippen LogP contribution in [0.4, 0.5) is 0 Å². The maximum Gasteiger partial charge on any atom is 0.310 e. The third-order valence-electron chi connectivity index (χ3n) is 7.65. The number of aliphatic hydroxyl groups is 2. The Morgan fingerprint density at radius 1 is 1.47 bits per heavy atom. The second-order valence-corrected chi connectivity index (χ2v) is 9.06. The van der Waals surface area contributed by atoms with E-state index in [2.05, 4.69) is 24.6 Å². The highest BCUT2D eigenvalue weighted by atomic mass is 16.6. The van der Waals surface area contributed by atoms with Crippen LogP contribution in [0.15, 0.2) is 36.6 Å². The molecule has 1 fully saturated rings. The van der Waals surface area contributed by atoms with Gasteiger partial charge in [0.25, 0.3) is 0 Å². The van der Waals surface area contributed by atoms with Crippen molar-refractivity contribution in [1.29, 1.82) is 0 Å². The number of piperidine rings is 1. The number of unbranched alkanes of at least 4 members (excludes halogenated alkanes) is 1. The molecule has 5 rings (SSSR count). The fraction of sp³-hybridized carbons (Fsp3) is 0.542. The lowest BCUT2D eigenvalue weighted by molar-refractivity contribution is -0.169. The number of benzene rings is 1. The van der Waals surface area contributed by atoms with Crippen molar-refractivity contribution in [3.8, 4) is 5.75 Å². The molecule has 2 unspecified atom stereocenters. The normalized spacial score (nSPS) is 33.4. The van der Waals surface area contributed by atoms with Crippen LogP contribution in [0.2, 0.25) is 0 Å². The maximum absolute atomic E-state index is 12.5. The third-order valence-corrected chi connectivity index (χ3v) is 7.65. The van der Waals surface area contributed by atoms with Crippen LogP contribution in [0.1, 0.15) is 48.8 Å². The molecule has 1 aromatic rings. The molecule has 2 aliphatic carbocycles. The topological polar surface area (TPSA) is 79.2 Å². The minimum absolute atomic E-state index is 0.0307. The number of aliphatic hydroxyl groups excluding tert-OH is 1. The predicted octanol–water partition coefficient (Wildman–Crippen LogP) is 2.36. The molecule has 4 aliphatic rings. The number of nitrogens with zero attached hydrogens (tertiary/aromatic N) is 1. The van der Waals surface area contributed by atoms with Gasteiger partial charge in [-0.2, -0.15) is 0 Å². The van der Waals surface area contributed by atoms with E-state index in [0.29, 0.717) is 42.8 Å². The van der Waals surface area contributed by atoms with Crippen LogP contribution < -0.4 is 4.74 Å². The molecule has 1 saturated heterocycles. The van der Waals surface area contributed by atoms with E-state index >= 15 is 0 Å². The summed E-state index contributed by atoms with van der Waals surface area (Å²) in [4.78, 5) is 14.7. The van der Waals surface area contributed by atoms with Crippen molar-refractivity contribution >= 4 is 5.97 Å². The van der Waals surface area contributed by atoms with Crippen molar-refractivity contribution < 1.29 is 24.5 Å². The Kier molecular flexibility index (Phi) is 4.58. The average molecular weight is 411 g/mol. The monoisotopic (exact) mass is 411 g/mol. The number of carbonyl (C=O) groups is 1. The highest BCUT2D eigenvalue weighted by Gasteiger charge is 2.71. The molecule has 2 bridgehead atoms. The number of allylic oxidation sites excluding steroid dienone is 1. The minimum atomic E-state index is -1.00. The Morgan fingerprint density at radius 3 is 3.07 bits per heavy atom. The van der Waals surface area contributed by atoms with Crippen LogP contribution in [0.5, 0.6) is 5.75 Å². The summed E-state index contributed by atoms with van der Waals surface area (Å²) in [5.74, 6) is 0.879. The van der Waals surface area contributed by atoms with E-state index in [1.165, 1.54) is 0 Å². The number of rotatable bonds is 6. The van der Waals surface area contributed by atoms with Crippen molar-refractivity contribution in [2.75, 3.05) is 13.6 Å². The quantitative estimate of drug-likeness (QED) is 0.425. The standard InChI is InChI=1S/C24H29NO5/c1-3-4-5-6-19(27)29-17-9-10-24(28)18-13-15-7-8-16(14-26)21-20(15)23(24,22(17)30-21)11-12-25(18)2/h3,7-9,18,22,26,28H,1,4-6,10-14H2,2H3/t18-,22?,23?,24-/m1/s1. The Labute approximate surface area is 176 Å². The summed E-state index contributed by atoms with van der Waals surface area (Å²) in [6.07, 6.45) is 6.72. The van der Waals surface area contributed by atoms with Crippen molar-refractivity contribution in [2.24, 2.45) is 0 Å². The summed E-state index contributed by atoms with van der Waals surface area (Å²) < 4.78 is 12.2. The summed E-state index contributed by atoms with van der Waals surface area (Å²) in [5.41, 5.74) is 1.22. The molecule has 160 valence electrons. The maximum atomic E-state index is 12.5. The van der Waals surface area contributed by atoms with Crippen molar-refractivity contribution in [2.45, 2.75) is 68.3 Å². The van der Waals surface area contributed by atoms with Gasteiger partial charge in [-0.3, -0.25) is 4.79 Å². The lowest BCUT2D eigenvalue weighted by atomic mass is 9.50. The van der Waals surface area contributed by atoms with Gasteiger partial charge in [0.15, 0.2) is 6.10 Å². The van der Waals surface area contributed by atoms with Gasteiger partial charge >= 0.3 is 5.97 Å². The van der Waals surface area contributed by atoms with Crippen LogP contribution in [0.3, 0.4) is 0 Å². The van der Waals surface area contributed by atoms with E-state index in [1.54, 1.807) is 6.08 Å². The lowest BCUT2D eigenvalue weighted by Crippen LogP contribution is -2.74. The third kappa shape index (κ3) is 2.44. The largest absolute Gasteiger partial charge is 0.481 e. The molecule has 2 N–H and O–H groups in total. The average Bonchev–Trinajstić information content (AvgIpc) is 3.08. The Bertz CT molecular complexity index is 940. The highest BCUT2D eigenvalue weighted by Crippen LogP contribution is 2.64. The van der Waals surface area contributed by atoms with Crippen LogP contribution in [-0.2, 0) is 28.0 Å². The van der Waals surface area contributed by atoms with Gasteiger partial charge in [-0.05, 0) is 50.9 Å². The number of likely N-dealkylation sites (N-methyl/N-ethyl adjacent to an activating group) is 1. The zero-order valence-corrected chi connectivity index (χ0v) is 17.4. The zero-order valence-electron chi connectivity index (χ0n) is 17.4. The van der Waals surface area contributed by atoms with Gasteiger partial charge in [0, 0.05) is 30.0 Å². The number of ether oxygens (including phenoxy) is 2. The fourth-order valence-electron chi connectivity index (χ4n) is 6.20. The number of hydrogen-bond donors (Lipinski definition) is 2. The van der Waals surface area contributed by atoms with E-state index in [0.717, 1.165) is 30.5 Å². The molecular weight excluding hydrogens is 382 g/mol. The van der Waals surface area contributed by atoms with Gasteiger partial charge in [-0.15, -0.1) is 6.58 Å². The fourth-order valence-corrected chi connectivity index (χ4v) is 6.20. The van der Waals surface area contributed by atoms with Gasteiger partial charge in [0.05, 0.1) is 17.6 Å². The molecular formula is C24H29NO5. The van der Waals surface area contributed by atoms with E-state index in [1.807, 2.05) is 12.1 Å². The van der Waals surface area contributed by atoms with E-state index in [4.69, 9.17) is 9.47 Å². The first-order chi connectivity index (χ1) is 14.5. The second kappa shape index (κ2) is 6.94. The van der Waals surface area contributed by atoms with Crippen molar-refractivity contribution in [1.82, 2.24) is 4.90 Å². The van der Waals surface area contributed by atoms with Gasteiger partial charge in [0.1, 0.15) is 11.5 Å². The summed E-state index contributed by atoms with van der Waals surface area (Å²) >= 11 is 0. The van der Waals surface area contributed by atoms with Gasteiger partial charge < -0.3 is 24.6 Å². The first-order valence-electron chi connectivity index (χ1n) is 10.8. The second-order valence-electron chi connectivity index (χ2n) is 9.06. The van der Waals surface area contributed by atoms with Crippen molar-refractivity contribution in [3.63, 3.8) is 0 Å². The van der Waals surface area contributed by atoms with Crippen LogP contribution in [0, 0.1) is 0 Å². The summed E-state index contributed by atoms with van der Waals surface area (Å²) in [6.45, 7) is 4.39. The number of carbonyl (C=O) groups excluding carboxylic acids is 1. The Balaban J connectivity index is 1.59. The summed E-state index contributed by atoms with van der Waals surface area (Å²) in [5, 5.41) is 22.0. The molecule has 4 atom stereocenters. The summed E-state index contributed by atoms with van der Waals surface area (Å²) in [6, 6.07) is 3.94. The number of esters is 1. The zero-order chi connectivity index (χ0) is 21.1. The van der Waals surface area contributed by atoms with E-state index in [-0.39, 0.29) is 18.6 Å². The summed E-state index contributed by atoms with van der Waals surface area (Å²) in [7, 11) is 2.06. The Morgan fingerprint density at radius 2 is 2.30 bits per heavy atom. The molecule has 0 aromatic heterocycles. The van der Waals surface area contributed by atoms with Crippen molar-refractivity contribution in [3.05, 3.63) is 53.3 Å². The lowest BCUT2D eigenvalue weighted by Gasteiger charge is -2.61. The molecule has 2 aliphatic heterocycles. The molecule has 1 aromatic carbocycles. The molecule has 0 radical (unpaired) electrons. The molecule has 6 heteroatoms. The molecule has 1 spiro atoms. The van der Waals surface area contributed by atoms with Crippen LogP contribution in [-0.4, -0.2) is 52.4 Å². The molecule has 0 amide bonds. The predicted molar refractivity (Wildman–Crippen MR) is 111 cm³/mol. The minimum Gasteiger partial charge on any atom is -0.481 e.